The lowest BCUT2D eigenvalue weighted by Crippen LogP contribution is -2.25. The third-order valence-corrected chi connectivity index (χ3v) is 7.15. The highest BCUT2D eigenvalue weighted by molar-refractivity contribution is 8.09. The molecule has 4 aromatic rings. The maximum absolute atomic E-state index is 13.4. The van der Waals surface area contributed by atoms with Gasteiger partial charge in [0.15, 0.2) is 11.6 Å². The summed E-state index contributed by atoms with van der Waals surface area (Å²) in [6, 6.07) is 12.9. The Labute approximate surface area is 210 Å². The molecule has 1 aliphatic rings. The summed E-state index contributed by atoms with van der Waals surface area (Å²) in [5.74, 6) is -1.32. The van der Waals surface area contributed by atoms with Crippen LogP contribution in [0.4, 0.5) is 20.4 Å². The number of fused-ring (bicyclic) bond motifs is 1. The van der Waals surface area contributed by atoms with Crippen LogP contribution in [0.1, 0.15) is 27.9 Å². The predicted octanol–water partition coefficient (Wildman–Crippen LogP) is 4.77. The minimum atomic E-state index is -0.951. The summed E-state index contributed by atoms with van der Waals surface area (Å²) < 4.78 is 26.6. The Bertz CT molecular complexity index is 1480. The molecule has 3 heterocycles. The van der Waals surface area contributed by atoms with Crippen molar-refractivity contribution in [3.63, 3.8) is 0 Å². The fourth-order valence-electron chi connectivity index (χ4n) is 3.92. The lowest BCUT2D eigenvalue weighted by molar-refractivity contribution is 0.0951. The number of nitrogen functional groups attached to an aromatic ring is 1. The van der Waals surface area contributed by atoms with Crippen LogP contribution in [0.15, 0.2) is 67.1 Å². The topological polar surface area (TPSA) is 106 Å². The molecule has 0 saturated carbocycles. The van der Waals surface area contributed by atoms with Crippen LogP contribution in [0.5, 0.6) is 0 Å². The monoisotopic (exact) mass is 504 g/mol. The van der Waals surface area contributed by atoms with Crippen molar-refractivity contribution in [2.45, 2.75) is 18.2 Å². The molecule has 0 radical (unpaired) electrons. The Kier molecular flexibility index (Phi) is 6.77. The van der Waals surface area contributed by atoms with Crippen molar-refractivity contribution in [1.29, 1.82) is 0 Å². The smallest absolute Gasteiger partial charge is 0.255 e. The standard InChI is InChI=1S/C26H22F2N6OS/c27-20-6-3-15(10-21(20)28)12-32-26(35)18-2-1-9-30-25(18)31-13-17-5-8-23(36-17)16-4-7-22-19(11-16)24(29)34-14-33-22/h1-4,6-11,14,17H,5,12-13H2,(H,30,31)(H,32,35)(H2,29,33,34). The third-order valence-electron chi connectivity index (χ3n) is 5.80. The lowest BCUT2D eigenvalue weighted by Gasteiger charge is -2.15. The van der Waals surface area contributed by atoms with E-state index in [-0.39, 0.29) is 17.7 Å². The van der Waals surface area contributed by atoms with Crippen molar-refractivity contribution in [3.8, 4) is 0 Å². The Hall–Kier alpha value is -4.05. The maximum atomic E-state index is 13.4. The molecule has 1 unspecified atom stereocenters. The number of carbonyl (C=O) groups excluding carboxylic acids is 1. The first-order valence-electron chi connectivity index (χ1n) is 11.3. The second-order valence-electron chi connectivity index (χ2n) is 8.25. The molecule has 0 aliphatic carbocycles. The van der Waals surface area contributed by atoms with E-state index >= 15 is 0 Å². The second kappa shape index (κ2) is 10.3. The largest absolute Gasteiger partial charge is 0.383 e. The molecule has 1 atom stereocenters. The van der Waals surface area contributed by atoms with Gasteiger partial charge in [-0.05, 0) is 53.9 Å². The van der Waals surface area contributed by atoms with Gasteiger partial charge in [0.2, 0.25) is 0 Å². The quantitative estimate of drug-likeness (QED) is 0.333. The van der Waals surface area contributed by atoms with E-state index in [0.717, 1.165) is 39.9 Å². The molecule has 0 bridgehead atoms. The summed E-state index contributed by atoms with van der Waals surface area (Å²) in [4.78, 5) is 26.6. The molecule has 5 rings (SSSR count). The molecular weight excluding hydrogens is 482 g/mol. The molecule has 10 heteroatoms. The first kappa shape index (κ1) is 23.7. The summed E-state index contributed by atoms with van der Waals surface area (Å²) in [7, 11) is 0. The van der Waals surface area contributed by atoms with Gasteiger partial charge in [0.1, 0.15) is 18.0 Å². The Morgan fingerprint density at radius 2 is 1.97 bits per heavy atom. The van der Waals surface area contributed by atoms with E-state index in [1.807, 2.05) is 18.2 Å². The highest BCUT2D eigenvalue weighted by Crippen LogP contribution is 2.40. The van der Waals surface area contributed by atoms with Crippen LogP contribution in [0.25, 0.3) is 15.8 Å². The minimum Gasteiger partial charge on any atom is -0.383 e. The first-order valence-corrected chi connectivity index (χ1v) is 12.1. The zero-order valence-corrected chi connectivity index (χ0v) is 19.9. The van der Waals surface area contributed by atoms with E-state index in [9.17, 15) is 13.6 Å². The minimum absolute atomic E-state index is 0.0669. The summed E-state index contributed by atoms with van der Waals surface area (Å²) >= 11 is 1.74. The zero-order valence-electron chi connectivity index (χ0n) is 19.0. The summed E-state index contributed by atoms with van der Waals surface area (Å²) in [5, 5.41) is 7.09. The number of nitrogens with two attached hydrogens (primary N) is 1. The van der Waals surface area contributed by atoms with Gasteiger partial charge in [0, 0.05) is 34.8 Å². The van der Waals surface area contributed by atoms with Gasteiger partial charge in [-0.25, -0.2) is 23.7 Å². The number of pyridine rings is 1. The second-order valence-corrected chi connectivity index (χ2v) is 9.59. The molecule has 182 valence electrons. The first-order chi connectivity index (χ1) is 17.5. The highest BCUT2D eigenvalue weighted by atomic mass is 32.2. The van der Waals surface area contributed by atoms with Gasteiger partial charge in [-0.3, -0.25) is 4.79 Å². The van der Waals surface area contributed by atoms with Crippen molar-refractivity contribution >= 4 is 45.1 Å². The van der Waals surface area contributed by atoms with E-state index in [2.05, 4.69) is 31.7 Å². The lowest BCUT2D eigenvalue weighted by atomic mass is 10.1. The van der Waals surface area contributed by atoms with Crippen LogP contribution in [0, 0.1) is 11.6 Å². The van der Waals surface area contributed by atoms with E-state index < -0.39 is 11.6 Å². The van der Waals surface area contributed by atoms with Gasteiger partial charge >= 0.3 is 0 Å². The maximum Gasteiger partial charge on any atom is 0.255 e. The van der Waals surface area contributed by atoms with E-state index in [1.165, 1.54) is 12.4 Å². The molecule has 2 aromatic carbocycles. The number of rotatable bonds is 7. The fourth-order valence-corrected chi connectivity index (χ4v) is 5.10. The van der Waals surface area contributed by atoms with Crippen molar-refractivity contribution < 1.29 is 13.6 Å². The number of hydrogen-bond donors (Lipinski definition) is 3. The van der Waals surface area contributed by atoms with Crippen LogP contribution in [0.3, 0.4) is 0 Å². The Balaban J connectivity index is 1.20. The molecule has 2 aromatic heterocycles. The number of nitrogens with one attached hydrogen (secondary N) is 2. The average molecular weight is 505 g/mol. The molecule has 1 amide bonds. The zero-order chi connectivity index (χ0) is 25.1. The van der Waals surface area contributed by atoms with Crippen LogP contribution in [-0.4, -0.2) is 32.7 Å². The van der Waals surface area contributed by atoms with Crippen LogP contribution < -0.4 is 16.4 Å². The molecule has 7 nitrogen and oxygen atoms in total. The number of allylic oxidation sites excluding steroid dienone is 1. The SMILES string of the molecule is Nc1ncnc2ccc(C3=CCC(CNc4ncccc4C(=O)NCc4ccc(F)c(F)c4)S3)cc12. The van der Waals surface area contributed by atoms with Gasteiger partial charge in [0.05, 0.1) is 11.1 Å². The molecule has 36 heavy (non-hydrogen) atoms. The van der Waals surface area contributed by atoms with Crippen LogP contribution in [-0.2, 0) is 6.54 Å². The molecule has 0 fully saturated rings. The van der Waals surface area contributed by atoms with E-state index in [1.54, 1.807) is 30.1 Å². The molecule has 1 aliphatic heterocycles. The number of thioether (sulfide) groups is 1. The van der Waals surface area contributed by atoms with E-state index in [0.29, 0.717) is 29.3 Å². The van der Waals surface area contributed by atoms with E-state index in [4.69, 9.17) is 5.73 Å². The number of halogens is 2. The number of nitrogens with zero attached hydrogens (tertiary/aromatic N) is 3. The Morgan fingerprint density at radius 3 is 2.83 bits per heavy atom. The predicted molar refractivity (Wildman–Crippen MR) is 138 cm³/mol. The van der Waals surface area contributed by atoms with Gasteiger partial charge < -0.3 is 16.4 Å². The third kappa shape index (κ3) is 5.13. The van der Waals surface area contributed by atoms with Crippen molar-refractivity contribution in [2.75, 3.05) is 17.6 Å². The number of anilines is 2. The van der Waals surface area contributed by atoms with Crippen molar-refractivity contribution in [1.82, 2.24) is 20.3 Å². The fraction of sp³-hybridized carbons (Fsp3) is 0.154. The highest BCUT2D eigenvalue weighted by Gasteiger charge is 2.21. The molecule has 0 spiro atoms. The molecule has 4 N–H and O–H groups in total. The number of hydrogen-bond acceptors (Lipinski definition) is 7. The van der Waals surface area contributed by atoms with Gasteiger partial charge in [0.25, 0.3) is 5.91 Å². The summed E-state index contributed by atoms with van der Waals surface area (Å²) in [6.45, 7) is 0.668. The molecule has 0 saturated heterocycles. The summed E-state index contributed by atoms with van der Waals surface area (Å²) in [6.07, 6.45) is 6.11. The number of carbonyl (C=O) groups is 1. The van der Waals surface area contributed by atoms with Crippen LogP contribution in [0.2, 0.25) is 0 Å². The number of amides is 1. The summed E-state index contributed by atoms with van der Waals surface area (Å²) in [5.41, 5.74) is 8.71. The normalized spacial score (nSPS) is 15.1. The van der Waals surface area contributed by atoms with Gasteiger partial charge in [-0.2, -0.15) is 0 Å². The molecular formula is C26H22F2N6OS. The van der Waals surface area contributed by atoms with Crippen molar-refractivity contribution in [2.24, 2.45) is 0 Å². The Morgan fingerprint density at radius 1 is 1.08 bits per heavy atom. The van der Waals surface area contributed by atoms with Crippen LogP contribution >= 0.6 is 11.8 Å². The number of benzene rings is 2. The number of aromatic nitrogens is 3. The average Bonchev–Trinajstić information content (AvgIpc) is 3.37. The van der Waals surface area contributed by atoms with Gasteiger partial charge in [-0.15, -0.1) is 11.8 Å². The van der Waals surface area contributed by atoms with Crippen molar-refractivity contribution in [3.05, 3.63) is 95.5 Å². The van der Waals surface area contributed by atoms with Gasteiger partial charge in [-0.1, -0.05) is 18.2 Å².